The molecule has 0 aromatic carbocycles. The first-order valence-electron chi connectivity index (χ1n) is 8.68. The molecule has 0 amide bonds. The summed E-state index contributed by atoms with van der Waals surface area (Å²) in [5.74, 6) is 1.74. The number of aromatic nitrogens is 3. The summed E-state index contributed by atoms with van der Waals surface area (Å²) in [4.78, 5) is 14.6. The minimum Gasteiger partial charge on any atom is -0.376 e. The number of anilines is 1. The van der Waals surface area contributed by atoms with Crippen molar-refractivity contribution >= 4 is 16.9 Å². The smallest absolute Gasteiger partial charge is 0.143 e. The van der Waals surface area contributed by atoms with Crippen molar-refractivity contribution in [2.45, 2.75) is 52.6 Å². The minimum atomic E-state index is -0.0445. The number of piperidine rings is 1. The highest BCUT2D eigenvalue weighted by Crippen LogP contribution is 2.30. The second-order valence-electron chi connectivity index (χ2n) is 7.44. The van der Waals surface area contributed by atoms with Crippen LogP contribution in [0, 0.1) is 5.92 Å². The largest absolute Gasteiger partial charge is 0.376 e. The molecule has 126 valence electrons. The summed E-state index contributed by atoms with van der Waals surface area (Å²) < 4.78 is 5.95. The third kappa shape index (κ3) is 3.66. The van der Waals surface area contributed by atoms with E-state index in [-0.39, 0.29) is 5.60 Å². The second kappa shape index (κ2) is 6.48. The molecular weight excluding hydrogens is 288 g/mol. The Kier molecular flexibility index (Phi) is 4.57. The first-order valence-corrected chi connectivity index (χ1v) is 8.68. The monoisotopic (exact) mass is 316 g/mol. The number of nitrogens with one attached hydrogen (secondary N) is 1. The first kappa shape index (κ1) is 16.2. The van der Waals surface area contributed by atoms with Gasteiger partial charge < -0.3 is 14.6 Å². The predicted molar refractivity (Wildman–Crippen MR) is 93.9 cm³/mol. The standard InChI is InChI=1S/C18H28N4O/c1-5-14-10-19-16-15(14)17(21-12-20-16)22-8-6-13(7-9-22)11-23-18(2,3)4/h10,12-13H,5-9,11H2,1-4H3,(H,19,20,21). The zero-order valence-corrected chi connectivity index (χ0v) is 14.7. The topological polar surface area (TPSA) is 54.0 Å². The van der Waals surface area contributed by atoms with E-state index >= 15 is 0 Å². The summed E-state index contributed by atoms with van der Waals surface area (Å²) in [6.45, 7) is 11.5. The third-order valence-corrected chi connectivity index (χ3v) is 4.58. The summed E-state index contributed by atoms with van der Waals surface area (Å²) >= 11 is 0. The van der Waals surface area contributed by atoms with Gasteiger partial charge in [0, 0.05) is 19.3 Å². The Bertz CT molecular complexity index is 651. The van der Waals surface area contributed by atoms with Crippen LogP contribution >= 0.6 is 0 Å². The van der Waals surface area contributed by atoms with Crippen molar-refractivity contribution in [2.24, 2.45) is 5.92 Å². The molecule has 0 aliphatic carbocycles. The van der Waals surface area contributed by atoms with Gasteiger partial charge in [-0.15, -0.1) is 0 Å². The van der Waals surface area contributed by atoms with Crippen LogP contribution in [0.15, 0.2) is 12.5 Å². The fourth-order valence-electron chi connectivity index (χ4n) is 3.21. The van der Waals surface area contributed by atoms with Crippen molar-refractivity contribution < 1.29 is 4.74 Å². The number of ether oxygens (including phenoxy) is 1. The summed E-state index contributed by atoms with van der Waals surface area (Å²) in [6.07, 6.45) is 7.05. The van der Waals surface area contributed by atoms with E-state index in [0.29, 0.717) is 5.92 Å². The number of hydrogen-bond acceptors (Lipinski definition) is 4. The van der Waals surface area contributed by atoms with Crippen molar-refractivity contribution in [2.75, 3.05) is 24.6 Å². The van der Waals surface area contributed by atoms with Crippen LogP contribution in [0.2, 0.25) is 0 Å². The van der Waals surface area contributed by atoms with Gasteiger partial charge in [0.15, 0.2) is 0 Å². The zero-order valence-electron chi connectivity index (χ0n) is 14.7. The summed E-state index contributed by atoms with van der Waals surface area (Å²) in [5, 5.41) is 1.19. The third-order valence-electron chi connectivity index (χ3n) is 4.58. The maximum Gasteiger partial charge on any atom is 0.143 e. The van der Waals surface area contributed by atoms with E-state index in [9.17, 15) is 0 Å². The highest BCUT2D eigenvalue weighted by molar-refractivity contribution is 5.90. The summed E-state index contributed by atoms with van der Waals surface area (Å²) in [6, 6.07) is 0. The van der Waals surface area contributed by atoms with Crippen LogP contribution < -0.4 is 4.90 Å². The molecule has 1 aliphatic heterocycles. The van der Waals surface area contributed by atoms with Crippen molar-refractivity contribution in [1.29, 1.82) is 0 Å². The van der Waals surface area contributed by atoms with Crippen LogP contribution in [0.1, 0.15) is 46.1 Å². The van der Waals surface area contributed by atoms with Gasteiger partial charge in [0.25, 0.3) is 0 Å². The van der Waals surface area contributed by atoms with Gasteiger partial charge in [0.05, 0.1) is 17.6 Å². The van der Waals surface area contributed by atoms with Crippen LogP contribution in [0.25, 0.3) is 11.0 Å². The van der Waals surface area contributed by atoms with Gasteiger partial charge in [-0.25, -0.2) is 9.97 Å². The van der Waals surface area contributed by atoms with Gasteiger partial charge in [-0.2, -0.15) is 0 Å². The Morgan fingerprint density at radius 1 is 1.26 bits per heavy atom. The van der Waals surface area contributed by atoms with E-state index in [2.05, 4.69) is 53.7 Å². The van der Waals surface area contributed by atoms with Crippen LogP contribution in [-0.2, 0) is 11.2 Å². The molecule has 0 unspecified atom stereocenters. The molecule has 3 rings (SSSR count). The molecule has 3 heterocycles. The molecule has 0 atom stereocenters. The molecule has 1 N–H and O–H groups in total. The molecule has 23 heavy (non-hydrogen) atoms. The van der Waals surface area contributed by atoms with E-state index in [4.69, 9.17) is 4.74 Å². The summed E-state index contributed by atoms with van der Waals surface area (Å²) in [5.41, 5.74) is 2.20. The lowest BCUT2D eigenvalue weighted by atomic mass is 9.97. The van der Waals surface area contributed by atoms with E-state index in [1.807, 2.05) is 0 Å². The highest BCUT2D eigenvalue weighted by Gasteiger charge is 2.24. The van der Waals surface area contributed by atoms with Gasteiger partial charge in [0.1, 0.15) is 17.8 Å². The lowest BCUT2D eigenvalue weighted by Gasteiger charge is -2.34. The van der Waals surface area contributed by atoms with E-state index in [1.165, 1.54) is 10.9 Å². The zero-order chi connectivity index (χ0) is 16.4. The molecule has 1 fully saturated rings. The van der Waals surface area contributed by atoms with E-state index in [1.54, 1.807) is 6.33 Å². The van der Waals surface area contributed by atoms with Crippen LogP contribution in [0.3, 0.4) is 0 Å². The molecule has 2 aromatic heterocycles. The number of aryl methyl sites for hydroxylation is 1. The minimum absolute atomic E-state index is 0.0445. The Hall–Kier alpha value is -1.62. The van der Waals surface area contributed by atoms with Crippen LogP contribution in [0.5, 0.6) is 0 Å². The van der Waals surface area contributed by atoms with Gasteiger partial charge in [0.2, 0.25) is 0 Å². The first-order chi connectivity index (χ1) is 11.0. The molecule has 5 heteroatoms. The van der Waals surface area contributed by atoms with Gasteiger partial charge in [-0.3, -0.25) is 0 Å². The Labute approximate surface area is 138 Å². The van der Waals surface area contributed by atoms with Gasteiger partial charge in [-0.05, 0) is 51.5 Å². The highest BCUT2D eigenvalue weighted by atomic mass is 16.5. The van der Waals surface area contributed by atoms with E-state index in [0.717, 1.165) is 50.4 Å². The Balaban J connectivity index is 1.69. The maximum atomic E-state index is 5.95. The molecule has 2 aromatic rings. The fourth-order valence-corrected chi connectivity index (χ4v) is 3.21. The average Bonchev–Trinajstić information content (AvgIpc) is 2.96. The second-order valence-corrected chi connectivity index (χ2v) is 7.44. The number of H-pyrrole nitrogens is 1. The fraction of sp³-hybridized carbons (Fsp3) is 0.667. The molecular formula is C18H28N4O. The van der Waals surface area contributed by atoms with Gasteiger partial charge in [-0.1, -0.05) is 6.92 Å². The van der Waals surface area contributed by atoms with Crippen molar-refractivity contribution in [3.63, 3.8) is 0 Å². The van der Waals surface area contributed by atoms with Crippen LogP contribution in [0.4, 0.5) is 5.82 Å². The van der Waals surface area contributed by atoms with E-state index < -0.39 is 0 Å². The van der Waals surface area contributed by atoms with Crippen molar-refractivity contribution in [3.05, 3.63) is 18.1 Å². The van der Waals surface area contributed by atoms with Crippen molar-refractivity contribution in [1.82, 2.24) is 15.0 Å². The SMILES string of the molecule is CCc1c[nH]c2ncnc(N3CCC(COC(C)(C)C)CC3)c12. The molecule has 0 spiro atoms. The molecule has 0 bridgehead atoms. The molecule has 5 nitrogen and oxygen atoms in total. The Morgan fingerprint density at radius 3 is 2.65 bits per heavy atom. The van der Waals surface area contributed by atoms with Crippen LogP contribution in [-0.4, -0.2) is 40.2 Å². The lowest BCUT2D eigenvalue weighted by Crippen LogP contribution is -2.37. The Morgan fingerprint density at radius 2 is 2.00 bits per heavy atom. The number of nitrogens with zero attached hydrogens (tertiary/aromatic N) is 3. The number of rotatable bonds is 4. The molecule has 1 saturated heterocycles. The molecule has 0 saturated carbocycles. The lowest BCUT2D eigenvalue weighted by molar-refractivity contribution is -0.0257. The molecule has 0 radical (unpaired) electrons. The molecule has 1 aliphatic rings. The normalized spacial score (nSPS) is 17.1. The number of fused-ring (bicyclic) bond motifs is 1. The maximum absolute atomic E-state index is 5.95. The average molecular weight is 316 g/mol. The number of hydrogen-bond donors (Lipinski definition) is 1. The predicted octanol–water partition coefficient (Wildman–Crippen LogP) is 3.55. The number of aromatic amines is 1. The quantitative estimate of drug-likeness (QED) is 0.937. The van der Waals surface area contributed by atoms with Crippen molar-refractivity contribution in [3.8, 4) is 0 Å². The summed E-state index contributed by atoms with van der Waals surface area (Å²) in [7, 11) is 0. The van der Waals surface area contributed by atoms with Gasteiger partial charge >= 0.3 is 0 Å².